The van der Waals surface area contributed by atoms with E-state index in [9.17, 15) is 10.0 Å². The third kappa shape index (κ3) is 1.63. The Labute approximate surface area is 99.6 Å². The van der Waals surface area contributed by atoms with Gasteiger partial charge in [0.2, 0.25) is 0 Å². The van der Waals surface area contributed by atoms with Crippen LogP contribution in [0.2, 0.25) is 0 Å². The van der Waals surface area contributed by atoms with Crippen LogP contribution < -0.4 is 5.48 Å². The number of benzene rings is 1. The summed E-state index contributed by atoms with van der Waals surface area (Å²) in [7, 11) is 0. The van der Waals surface area contributed by atoms with Crippen molar-refractivity contribution in [3.05, 3.63) is 35.4 Å². The van der Waals surface area contributed by atoms with Gasteiger partial charge in [-0.1, -0.05) is 24.3 Å². The van der Waals surface area contributed by atoms with Gasteiger partial charge in [0, 0.05) is 19.6 Å². The molecule has 1 saturated heterocycles. The van der Waals surface area contributed by atoms with Crippen molar-refractivity contribution in [2.24, 2.45) is 0 Å². The molecule has 0 radical (unpaired) electrons. The van der Waals surface area contributed by atoms with Gasteiger partial charge >= 0.3 is 0 Å². The highest BCUT2D eigenvalue weighted by Gasteiger charge is 2.36. The van der Waals surface area contributed by atoms with E-state index in [-0.39, 0.29) is 5.91 Å². The SMILES string of the molecule is O=C1[C@@H](NO)c2ccccc2CN2CCCN12. The van der Waals surface area contributed by atoms with Crippen molar-refractivity contribution in [2.75, 3.05) is 13.1 Å². The third-order valence-electron chi connectivity index (χ3n) is 3.48. The average Bonchev–Trinajstić information content (AvgIpc) is 2.76. The maximum Gasteiger partial charge on any atom is 0.260 e. The number of fused-ring (bicyclic) bond motifs is 2. The number of hydrazine groups is 1. The van der Waals surface area contributed by atoms with Crippen LogP contribution in [0.1, 0.15) is 23.6 Å². The Bertz CT molecular complexity index is 449. The molecule has 5 nitrogen and oxygen atoms in total. The van der Waals surface area contributed by atoms with E-state index in [4.69, 9.17) is 0 Å². The van der Waals surface area contributed by atoms with E-state index in [0.717, 1.165) is 37.2 Å². The molecule has 90 valence electrons. The monoisotopic (exact) mass is 233 g/mol. The lowest BCUT2D eigenvalue weighted by atomic mass is 10.0. The predicted octanol–water partition coefficient (Wildman–Crippen LogP) is 0.669. The van der Waals surface area contributed by atoms with Crippen LogP contribution in [0.15, 0.2) is 24.3 Å². The standard InChI is InChI=1S/C12H15N3O2/c16-12-11(13-17)10-5-2-1-4-9(10)8-14-6-3-7-15(12)14/h1-2,4-5,11,13,17H,3,6-8H2/t11-/m0/s1. The Kier molecular flexibility index (Phi) is 2.58. The largest absolute Gasteiger partial charge is 0.316 e. The molecule has 5 heteroatoms. The second kappa shape index (κ2) is 4.10. The summed E-state index contributed by atoms with van der Waals surface area (Å²) in [5.74, 6) is -0.0741. The van der Waals surface area contributed by atoms with Crippen molar-refractivity contribution in [2.45, 2.75) is 19.0 Å². The lowest BCUT2D eigenvalue weighted by Gasteiger charge is -2.26. The molecule has 2 aliphatic heterocycles. The van der Waals surface area contributed by atoms with Crippen LogP contribution in [0.3, 0.4) is 0 Å². The van der Waals surface area contributed by atoms with Crippen LogP contribution >= 0.6 is 0 Å². The summed E-state index contributed by atoms with van der Waals surface area (Å²) in [6.45, 7) is 2.38. The van der Waals surface area contributed by atoms with Gasteiger partial charge < -0.3 is 5.21 Å². The van der Waals surface area contributed by atoms with Gasteiger partial charge in [0.05, 0.1) is 0 Å². The smallest absolute Gasteiger partial charge is 0.260 e. The average molecular weight is 233 g/mol. The van der Waals surface area contributed by atoms with E-state index in [1.807, 2.05) is 24.3 Å². The fraction of sp³-hybridized carbons (Fsp3) is 0.417. The van der Waals surface area contributed by atoms with Crippen LogP contribution in [0.5, 0.6) is 0 Å². The summed E-state index contributed by atoms with van der Waals surface area (Å²) in [5, 5.41) is 13.0. The molecule has 1 aromatic rings. The van der Waals surface area contributed by atoms with E-state index in [1.54, 1.807) is 5.01 Å². The molecule has 0 spiro atoms. The zero-order chi connectivity index (χ0) is 11.8. The van der Waals surface area contributed by atoms with Crippen LogP contribution in [-0.2, 0) is 11.3 Å². The molecule has 0 saturated carbocycles. The van der Waals surface area contributed by atoms with Crippen LogP contribution in [0.25, 0.3) is 0 Å². The fourth-order valence-corrected chi connectivity index (χ4v) is 2.64. The lowest BCUT2D eigenvalue weighted by Crippen LogP contribution is -2.43. The zero-order valence-electron chi connectivity index (χ0n) is 9.47. The number of nitrogens with zero attached hydrogens (tertiary/aromatic N) is 2. The zero-order valence-corrected chi connectivity index (χ0v) is 9.47. The summed E-state index contributed by atoms with van der Waals surface area (Å²) in [4.78, 5) is 12.3. The molecule has 0 bridgehead atoms. The Balaban J connectivity index is 2.07. The van der Waals surface area contributed by atoms with Crippen LogP contribution in [0.4, 0.5) is 0 Å². The molecule has 17 heavy (non-hydrogen) atoms. The number of rotatable bonds is 1. The minimum atomic E-state index is -0.644. The number of nitrogens with one attached hydrogen (secondary N) is 1. The van der Waals surface area contributed by atoms with Gasteiger partial charge in [-0.2, -0.15) is 5.48 Å². The van der Waals surface area contributed by atoms with Gasteiger partial charge in [0.15, 0.2) is 0 Å². The first kappa shape index (κ1) is 10.7. The highest BCUT2D eigenvalue weighted by atomic mass is 16.5. The molecule has 3 rings (SSSR count). The molecule has 1 amide bonds. The Morgan fingerprint density at radius 2 is 2.12 bits per heavy atom. The third-order valence-corrected chi connectivity index (χ3v) is 3.48. The van der Waals surface area contributed by atoms with Gasteiger partial charge in [0.1, 0.15) is 6.04 Å². The molecule has 0 unspecified atom stereocenters. The summed E-state index contributed by atoms with van der Waals surface area (Å²) in [6.07, 6.45) is 0.992. The van der Waals surface area contributed by atoms with Gasteiger partial charge in [-0.15, -0.1) is 0 Å². The molecule has 1 atom stereocenters. The topological polar surface area (TPSA) is 55.8 Å². The van der Waals surface area contributed by atoms with E-state index >= 15 is 0 Å². The van der Waals surface area contributed by atoms with Crippen molar-refractivity contribution < 1.29 is 10.0 Å². The van der Waals surface area contributed by atoms with E-state index in [1.165, 1.54) is 0 Å². The minimum Gasteiger partial charge on any atom is -0.316 e. The number of carbonyl (C=O) groups is 1. The number of hydroxylamine groups is 1. The predicted molar refractivity (Wildman–Crippen MR) is 60.8 cm³/mol. The molecular weight excluding hydrogens is 218 g/mol. The van der Waals surface area contributed by atoms with Crippen molar-refractivity contribution >= 4 is 5.91 Å². The molecule has 0 aromatic heterocycles. The van der Waals surface area contributed by atoms with Crippen LogP contribution in [-0.4, -0.2) is 34.2 Å². The van der Waals surface area contributed by atoms with Crippen LogP contribution in [0, 0.1) is 0 Å². The molecular formula is C12H15N3O2. The summed E-state index contributed by atoms with van der Waals surface area (Å²) < 4.78 is 0. The van der Waals surface area contributed by atoms with Gasteiger partial charge in [-0.3, -0.25) is 9.80 Å². The van der Waals surface area contributed by atoms with E-state index in [2.05, 4.69) is 10.5 Å². The number of hydrogen-bond donors (Lipinski definition) is 2. The molecule has 1 aromatic carbocycles. The molecule has 2 aliphatic rings. The maximum atomic E-state index is 12.3. The number of carbonyl (C=O) groups excluding carboxylic acids is 1. The van der Waals surface area contributed by atoms with Crippen molar-refractivity contribution in [3.63, 3.8) is 0 Å². The fourth-order valence-electron chi connectivity index (χ4n) is 2.64. The second-order valence-electron chi connectivity index (χ2n) is 4.46. The van der Waals surface area contributed by atoms with Gasteiger partial charge in [-0.25, -0.2) is 5.01 Å². The normalized spacial score (nSPS) is 24.4. The van der Waals surface area contributed by atoms with Gasteiger partial charge in [0.25, 0.3) is 5.91 Å². The van der Waals surface area contributed by atoms with Gasteiger partial charge in [-0.05, 0) is 17.5 Å². The molecule has 1 fully saturated rings. The molecule has 2 heterocycles. The van der Waals surface area contributed by atoms with E-state index in [0.29, 0.717) is 0 Å². The summed E-state index contributed by atoms with van der Waals surface area (Å²) in [6, 6.07) is 7.11. The van der Waals surface area contributed by atoms with Crippen molar-refractivity contribution in [1.82, 2.24) is 15.5 Å². The summed E-state index contributed by atoms with van der Waals surface area (Å²) >= 11 is 0. The number of amides is 1. The Morgan fingerprint density at radius 3 is 2.94 bits per heavy atom. The minimum absolute atomic E-state index is 0.0741. The first-order chi connectivity index (χ1) is 8.31. The maximum absolute atomic E-state index is 12.3. The molecule has 2 N–H and O–H groups in total. The second-order valence-corrected chi connectivity index (χ2v) is 4.46. The quantitative estimate of drug-likeness (QED) is 0.700. The van der Waals surface area contributed by atoms with Crippen molar-refractivity contribution in [3.8, 4) is 0 Å². The summed E-state index contributed by atoms with van der Waals surface area (Å²) in [5.41, 5.74) is 4.11. The first-order valence-corrected chi connectivity index (χ1v) is 5.85. The Morgan fingerprint density at radius 1 is 1.29 bits per heavy atom. The van der Waals surface area contributed by atoms with E-state index < -0.39 is 6.04 Å². The lowest BCUT2D eigenvalue weighted by molar-refractivity contribution is -0.148. The highest BCUT2D eigenvalue weighted by Crippen LogP contribution is 2.28. The van der Waals surface area contributed by atoms with Crippen molar-refractivity contribution in [1.29, 1.82) is 0 Å². The Hall–Kier alpha value is -1.43. The highest BCUT2D eigenvalue weighted by molar-refractivity contribution is 5.84. The number of hydrogen-bond acceptors (Lipinski definition) is 4. The molecule has 0 aliphatic carbocycles. The first-order valence-electron chi connectivity index (χ1n) is 5.85.